The van der Waals surface area contributed by atoms with Crippen LogP contribution in [0.15, 0.2) is 48.5 Å². The summed E-state index contributed by atoms with van der Waals surface area (Å²) in [6.07, 6.45) is 4.58. The van der Waals surface area contributed by atoms with Crippen molar-refractivity contribution in [3.8, 4) is 11.5 Å². The van der Waals surface area contributed by atoms with Crippen molar-refractivity contribution in [3.63, 3.8) is 0 Å². The lowest BCUT2D eigenvalue weighted by atomic mass is 9.80. The van der Waals surface area contributed by atoms with E-state index in [0.717, 1.165) is 36.8 Å². The minimum absolute atomic E-state index is 0.0995. The third kappa shape index (κ3) is 4.01. The predicted octanol–water partition coefficient (Wildman–Crippen LogP) is 4.55. The third-order valence-corrected chi connectivity index (χ3v) is 5.19. The van der Waals surface area contributed by atoms with Gasteiger partial charge >= 0.3 is 5.97 Å². The molecular weight excluding hydrogens is 328 g/mol. The van der Waals surface area contributed by atoms with Gasteiger partial charge in [0.25, 0.3) is 0 Å². The SMILES string of the molecule is COC(=O)C1(Cc2ccc(OC)c(OCc3ccccc3)c2)CCCC1. The van der Waals surface area contributed by atoms with E-state index >= 15 is 0 Å². The molecule has 0 saturated heterocycles. The molecule has 0 aliphatic heterocycles. The van der Waals surface area contributed by atoms with Crippen molar-refractivity contribution in [1.29, 1.82) is 0 Å². The number of ether oxygens (including phenoxy) is 3. The summed E-state index contributed by atoms with van der Waals surface area (Å²) in [6.45, 7) is 0.475. The average molecular weight is 354 g/mol. The molecule has 138 valence electrons. The predicted molar refractivity (Wildman–Crippen MR) is 100 cm³/mol. The smallest absolute Gasteiger partial charge is 0.312 e. The first-order valence-corrected chi connectivity index (χ1v) is 9.09. The summed E-state index contributed by atoms with van der Waals surface area (Å²) in [6, 6.07) is 15.9. The summed E-state index contributed by atoms with van der Waals surface area (Å²) in [7, 11) is 3.11. The number of rotatable bonds is 7. The maximum Gasteiger partial charge on any atom is 0.312 e. The van der Waals surface area contributed by atoms with Crippen LogP contribution in [0.5, 0.6) is 11.5 Å². The first-order valence-electron chi connectivity index (χ1n) is 9.09. The molecule has 1 aliphatic carbocycles. The topological polar surface area (TPSA) is 44.8 Å². The summed E-state index contributed by atoms with van der Waals surface area (Å²) >= 11 is 0. The van der Waals surface area contributed by atoms with Crippen LogP contribution in [0.4, 0.5) is 0 Å². The molecule has 0 amide bonds. The number of methoxy groups -OCH3 is 2. The number of carbonyl (C=O) groups is 1. The normalized spacial score (nSPS) is 15.5. The van der Waals surface area contributed by atoms with Crippen LogP contribution in [0.25, 0.3) is 0 Å². The molecule has 0 aromatic heterocycles. The van der Waals surface area contributed by atoms with Crippen molar-refractivity contribution >= 4 is 5.97 Å². The molecule has 1 fully saturated rings. The molecule has 4 nitrogen and oxygen atoms in total. The highest BCUT2D eigenvalue weighted by molar-refractivity contribution is 5.77. The lowest BCUT2D eigenvalue weighted by Crippen LogP contribution is -2.31. The maximum absolute atomic E-state index is 12.4. The second kappa shape index (κ2) is 8.26. The Kier molecular flexibility index (Phi) is 5.82. The van der Waals surface area contributed by atoms with Crippen LogP contribution in [-0.2, 0) is 22.6 Å². The van der Waals surface area contributed by atoms with Gasteiger partial charge in [-0.25, -0.2) is 0 Å². The fraction of sp³-hybridized carbons (Fsp3) is 0.409. The highest BCUT2D eigenvalue weighted by Gasteiger charge is 2.42. The fourth-order valence-corrected chi connectivity index (χ4v) is 3.79. The highest BCUT2D eigenvalue weighted by Crippen LogP contribution is 2.43. The first-order chi connectivity index (χ1) is 12.7. The Morgan fingerprint density at radius 2 is 1.69 bits per heavy atom. The van der Waals surface area contributed by atoms with Gasteiger partial charge in [0.2, 0.25) is 0 Å². The Morgan fingerprint density at radius 1 is 0.962 bits per heavy atom. The lowest BCUT2D eigenvalue weighted by Gasteiger charge is -2.26. The van der Waals surface area contributed by atoms with E-state index < -0.39 is 5.41 Å². The van der Waals surface area contributed by atoms with Crippen LogP contribution in [0.3, 0.4) is 0 Å². The van der Waals surface area contributed by atoms with Crippen LogP contribution in [0.1, 0.15) is 36.8 Å². The Hall–Kier alpha value is -2.49. The largest absolute Gasteiger partial charge is 0.493 e. The van der Waals surface area contributed by atoms with Gasteiger partial charge in [-0.15, -0.1) is 0 Å². The minimum atomic E-state index is -0.403. The molecule has 0 unspecified atom stereocenters. The van der Waals surface area contributed by atoms with E-state index in [9.17, 15) is 4.79 Å². The number of benzene rings is 2. The zero-order chi connectivity index (χ0) is 18.4. The van der Waals surface area contributed by atoms with Crippen LogP contribution in [-0.4, -0.2) is 20.2 Å². The van der Waals surface area contributed by atoms with Gasteiger partial charge < -0.3 is 14.2 Å². The van der Waals surface area contributed by atoms with Crippen LogP contribution in [0.2, 0.25) is 0 Å². The van der Waals surface area contributed by atoms with Gasteiger partial charge in [-0.05, 0) is 42.5 Å². The molecule has 26 heavy (non-hydrogen) atoms. The number of esters is 1. The summed E-state index contributed by atoms with van der Waals surface area (Å²) in [5.74, 6) is 1.30. The van der Waals surface area contributed by atoms with Crippen molar-refractivity contribution < 1.29 is 19.0 Å². The van der Waals surface area contributed by atoms with Crippen molar-refractivity contribution in [2.75, 3.05) is 14.2 Å². The van der Waals surface area contributed by atoms with E-state index in [1.54, 1.807) is 7.11 Å². The molecule has 1 saturated carbocycles. The minimum Gasteiger partial charge on any atom is -0.493 e. The van der Waals surface area contributed by atoms with Crippen molar-refractivity contribution in [3.05, 3.63) is 59.7 Å². The number of hydrogen-bond donors (Lipinski definition) is 0. The molecule has 0 N–H and O–H groups in total. The zero-order valence-electron chi connectivity index (χ0n) is 15.5. The summed E-state index contributed by atoms with van der Waals surface area (Å²) in [5.41, 5.74) is 1.77. The zero-order valence-corrected chi connectivity index (χ0v) is 15.5. The third-order valence-electron chi connectivity index (χ3n) is 5.19. The molecule has 0 bridgehead atoms. The Bertz CT molecular complexity index is 733. The standard InChI is InChI=1S/C22H26O4/c1-24-19-11-10-18(15-22(21(23)25-2)12-6-7-13-22)14-20(19)26-16-17-8-4-3-5-9-17/h3-5,8-11,14H,6-7,12-13,15-16H2,1-2H3. The van der Waals surface area contributed by atoms with Gasteiger partial charge in [0.15, 0.2) is 11.5 Å². The van der Waals surface area contributed by atoms with Crippen molar-refractivity contribution in [2.24, 2.45) is 5.41 Å². The Balaban J connectivity index is 1.79. The maximum atomic E-state index is 12.4. The molecule has 2 aromatic rings. The van der Waals surface area contributed by atoms with E-state index in [2.05, 4.69) is 0 Å². The van der Waals surface area contributed by atoms with Gasteiger partial charge in [-0.3, -0.25) is 4.79 Å². The molecule has 1 aliphatic rings. The molecule has 0 atom stereocenters. The molecule has 0 heterocycles. The monoisotopic (exact) mass is 354 g/mol. The van der Waals surface area contributed by atoms with E-state index in [-0.39, 0.29) is 5.97 Å². The second-order valence-electron chi connectivity index (χ2n) is 6.92. The molecule has 0 spiro atoms. The van der Waals surface area contributed by atoms with Gasteiger partial charge in [0.1, 0.15) is 6.61 Å². The number of hydrogen-bond acceptors (Lipinski definition) is 4. The Labute approximate surface area is 155 Å². The van der Waals surface area contributed by atoms with Gasteiger partial charge in [0.05, 0.1) is 19.6 Å². The average Bonchev–Trinajstić information content (AvgIpc) is 3.16. The van der Waals surface area contributed by atoms with Gasteiger partial charge in [0, 0.05) is 0 Å². The molecule has 0 radical (unpaired) electrons. The molecule has 4 heteroatoms. The summed E-state index contributed by atoms with van der Waals surface area (Å²) in [4.78, 5) is 12.4. The lowest BCUT2D eigenvalue weighted by molar-refractivity contribution is -0.152. The van der Waals surface area contributed by atoms with E-state index in [1.165, 1.54) is 7.11 Å². The number of carbonyl (C=O) groups excluding carboxylic acids is 1. The summed E-state index contributed by atoms with van der Waals surface area (Å²) < 4.78 is 16.5. The van der Waals surface area contributed by atoms with Gasteiger partial charge in [-0.1, -0.05) is 49.2 Å². The van der Waals surface area contributed by atoms with Crippen molar-refractivity contribution in [1.82, 2.24) is 0 Å². The first kappa shape index (κ1) is 18.3. The molecule has 3 rings (SSSR count). The van der Waals surface area contributed by atoms with E-state index in [4.69, 9.17) is 14.2 Å². The summed E-state index contributed by atoms with van der Waals surface area (Å²) in [5, 5.41) is 0. The molecule has 2 aromatic carbocycles. The second-order valence-corrected chi connectivity index (χ2v) is 6.92. The van der Waals surface area contributed by atoms with E-state index in [1.807, 2.05) is 48.5 Å². The quantitative estimate of drug-likeness (QED) is 0.684. The van der Waals surface area contributed by atoms with Crippen LogP contribution >= 0.6 is 0 Å². The fourth-order valence-electron chi connectivity index (χ4n) is 3.79. The van der Waals surface area contributed by atoms with Gasteiger partial charge in [-0.2, -0.15) is 0 Å². The highest BCUT2D eigenvalue weighted by atomic mass is 16.5. The van der Waals surface area contributed by atoms with Crippen molar-refractivity contribution in [2.45, 2.75) is 38.7 Å². The Morgan fingerprint density at radius 3 is 2.35 bits per heavy atom. The van der Waals surface area contributed by atoms with Crippen LogP contribution < -0.4 is 9.47 Å². The van der Waals surface area contributed by atoms with E-state index in [0.29, 0.717) is 24.5 Å². The van der Waals surface area contributed by atoms with Crippen LogP contribution in [0, 0.1) is 5.41 Å². The molecular formula is C22H26O4.